The summed E-state index contributed by atoms with van der Waals surface area (Å²) in [5.74, 6) is 1.31. The monoisotopic (exact) mass is 431 g/mol. The molecule has 0 aliphatic carbocycles. The third-order valence-electron chi connectivity index (χ3n) is 4.46. The van der Waals surface area contributed by atoms with E-state index in [1.165, 1.54) is 11.3 Å². The SMILES string of the molecule is COc1ccc(OC)c2sc(N(CCN(C)C)C(=O)c3cccc(SC)c3)nc12. The second-order valence-electron chi connectivity index (χ2n) is 6.64. The van der Waals surface area contributed by atoms with Gasteiger partial charge in [0.1, 0.15) is 21.7 Å². The zero-order valence-electron chi connectivity index (χ0n) is 17.3. The lowest BCUT2D eigenvalue weighted by atomic mass is 10.2. The largest absolute Gasteiger partial charge is 0.495 e. The van der Waals surface area contributed by atoms with E-state index in [-0.39, 0.29) is 5.91 Å². The van der Waals surface area contributed by atoms with E-state index in [0.717, 1.165) is 16.1 Å². The van der Waals surface area contributed by atoms with Crippen LogP contribution in [0.4, 0.5) is 5.13 Å². The Morgan fingerprint density at radius 3 is 2.48 bits per heavy atom. The van der Waals surface area contributed by atoms with E-state index < -0.39 is 0 Å². The smallest absolute Gasteiger partial charge is 0.260 e. The molecule has 0 spiro atoms. The maximum absolute atomic E-state index is 13.4. The number of anilines is 1. The first-order valence-corrected chi connectivity index (χ1v) is 11.1. The molecule has 6 nitrogen and oxygen atoms in total. The van der Waals surface area contributed by atoms with Gasteiger partial charge in [0.2, 0.25) is 0 Å². The van der Waals surface area contributed by atoms with Gasteiger partial charge in [-0.2, -0.15) is 0 Å². The quantitative estimate of drug-likeness (QED) is 0.497. The molecule has 2 aromatic carbocycles. The summed E-state index contributed by atoms with van der Waals surface area (Å²) in [4.78, 5) is 23.0. The summed E-state index contributed by atoms with van der Waals surface area (Å²) >= 11 is 3.05. The van der Waals surface area contributed by atoms with Gasteiger partial charge in [-0.15, -0.1) is 11.8 Å². The lowest BCUT2D eigenvalue weighted by Gasteiger charge is -2.22. The van der Waals surface area contributed by atoms with E-state index in [9.17, 15) is 4.79 Å². The summed E-state index contributed by atoms with van der Waals surface area (Å²) in [6, 6.07) is 11.4. The van der Waals surface area contributed by atoms with E-state index in [1.54, 1.807) is 30.9 Å². The minimum atomic E-state index is -0.0697. The lowest BCUT2D eigenvalue weighted by Crippen LogP contribution is -2.36. The number of carbonyl (C=O) groups is 1. The fourth-order valence-corrected chi connectivity index (χ4v) is 4.44. The van der Waals surface area contributed by atoms with Crippen molar-refractivity contribution in [2.45, 2.75) is 4.90 Å². The third kappa shape index (κ3) is 4.66. The highest BCUT2D eigenvalue weighted by Crippen LogP contribution is 2.40. The maximum atomic E-state index is 13.4. The van der Waals surface area contributed by atoms with Gasteiger partial charge in [0.25, 0.3) is 5.91 Å². The van der Waals surface area contributed by atoms with Crippen LogP contribution in [0.1, 0.15) is 10.4 Å². The fourth-order valence-electron chi connectivity index (χ4n) is 2.89. The first kappa shape index (κ1) is 21.4. The highest BCUT2D eigenvalue weighted by atomic mass is 32.2. The van der Waals surface area contributed by atoms with Crippen molar-refractivity contribution in [2.75, 3.05) is 52.6 Å². The van der Waals surface area contributed by atoms with Crippen LogP contribution in [0.5, 0.6) is 11.5 Å². The molecule has 0 saturated heterocycles. The topological polar surface area (TPSA) is 54.9 Å². The van der Waals surface area contributed by atoms with Gasteiger partial charge in [0, 0.05) is 23.5 Å². The van der Waals surface area contributed by atoms with E-state index in [4.69, 9.17) is 14.5 Å². The molecule has 8 heteroatoms. The molecule has 0 bridgehead atoms. The number of amides is 1. The number of methoxy groups -OCH3 is 2. The predicted octanol–water partition coefficient (Wildman–Crippen LogP) is 4.24. The van der Waals surface area contributed by atoms with Crippen molar-refractivity contribution in [1.82, 2.24) is 9.88 Å². The maximum Gasteiger partial charge on any atom is 0.260 e. The number of fused-ring (bicyclic) bond motifs is 1. The molecular formula is C21H25N3O3S2. The molecule has 29 heavy (non-hydrogen) atoms. The number of likely N-dealkylation sites (N-methyl/N-ethyl adjacent to an activating group) is 1. The molecule has 0 aliphatic rings. The Labute approximate surface area is 179 Å². The highest BCUT2D eigenvalue weighted by Gasteiger charge is 2.24. The first-order valence-electron chi connectivity index (χ1n) is 9.10. The van der Waals surface area contributed by atoms with E-state index in [2.05, 4.69) is 0 Å². The van der Waals surface area contributed by atoms with Gasteiger partial charge in [-0.25, -0.2) is 4.98 Å². The molecule has 1 amide bonds. The Morgan fingerprint density at radius 1 is 1.10 bits per heavy atom. The Bertz CT molecular complexity index is 963. The summed E-state index contributed by atoms with van der Waals surface area (Å²) in [6.45, 7) is 1.25. The van der Waals surface area contributed by atoms with Crippen LogP contribution in [0, 0.1) is 0 Å². The fraction of sp³-hybridized carbons (Fsp3) is 0.333. The Balaban J connectivity index is 2.07. The number of aromatic nitrogens is 1. The molecular weight excluding hydrogens is 406 g/mol. The molecule has 0 fully saturated rings. The Hall–Kier alpha value is -2.29. The zero-order valence-corrected chi connectivity index (χ0v) is 18.9. The van der Waals surface area contributed by atoms with Gasteiger partial charge in [-0.05, 0) is 50.7 Å². The lowest BCUT2D eigenvalue weighted by molar-refractivity contribution is 0.0985. The molecule has 3 aromatic rings. The second kappa shape index (κ2) is 9.47. The average Bonchev–Trinajstić information content (AvgIpc) is 3.17. The number of thioether (sulfide) groups is 1. The van der Waals surface area contributed by atoms with Gasteiger partial charge >= 0.3 is 0 Å². The van der Waals surface area contributed by atoms with Crippen LogP contribution < -0.4 is 14.4 Å². The molecule has 0 saturated carbocycles. The molecule has 0 N–H and O–H groups in total. The Kier molecular flexibility index (Phi) is 7.00. The van der Waals surface area contributed by atoms with Crippen LogP contribution in [0.15, 0.2) is 41.3 Å². The number of rotatable bonds is 8. The van der Waals surface area contributed by atoms with Crippen LogP contribution >= 0.6 is 23.1 Å². The summed E-state index contributed by atoms with van der Waals surface area (Å²) in [5.41, 5.74) is 1.35. The van der Waals surface area contributed by atoms with Gasteiger partial charge in [-0.3, -0.25) is 9.69 Å². The third-order valence-corrected chi connectivity index (χ3v) is 6.28. The van der Waals surface area contributed by atoms with Crippen molar-refractivity contribution in [3.8, 4) is 11.5 Å². The first-order chi connectivity index (χ1) is 14.0. The van der Waals surface area contributed by atoms with E-state index >= 15 is 0 Å². The highest BCUT2D eigenvalue weighted by molar-refractivity contribution is 7.98. The molecule has 0 aliphatic heterocycles. The molecule has 0 atom stereocenters. The molecule has 3 rings (SSSR count). The standard InChI is InChI=1S/C21H25N3O3S2/c1-23(2)11-12-24(20(25)14-7-6-8-15(13-14)28-5)21-22-18-16(26-3)9-10-17(27-4)19(18)29-21/h6-10,13H,11-12H2,1-5H3. The van der Waals surface area contributed by atoms with Crippen molar-refractivity contribution < 1.29 is 14.3 Å². The predicted molar refractivity (Wildman–Crippen MR) is 121 cm³/mol. The van der Waals surface area contributed by atoms with E-state index in [0.29, 0.717) is 34.3 Å². The Morgan fingerprint density at radius 2 is 1.83 bits per heavy atom. The molecule has 0 radical (unpaired) electrons. The minimum Gasteiger partial charge on any atom is -0.495 e. The van der Waals surface area contributed by atoms with Crippen LogP contribution in [0.2, 0.25) is 0 Å². The summed E-state index contributed by atoms with van der Waals surface area (Å²) in [5, 5.41) is 0.629. The molecule has 154 valence electrons. The number of carbonyl (C=O) groups excluding carboxylic acids is 1. The number of hydrogen-bond donors (Lipinski definition) is 0. The van der Waals surface area contributed by atoms with Gasteiger partial charge in [-0.1, -0.05) is 17.4 Å². The number of nitrogens with zero attached hydrogens (tertiary/aromatic N) is 3. The number of thiazole rings is 1. The number of hydrogen-bond acceptors (Lipinski definition) is 7. The molecule has 0 unspecified atom stereocenters. The second-order valence-corrected chi connectivity index (χ2v) is 8.49. The van der Waals surface area contributed by atoms with Gasteiger partial charge < -0.3 is 14.4 Å². The summed E-state index contributed by atoms with van der Waals surface area (Å²) < 4.78 is 11.8. The van der Waals surface area contributed by atoms with Gasteiger partial charge in [0.05, 0.1) is 14.2 Å². The normalized spacial score (nSPS) is 11.1. The van der Waals surface area contributed by atoms with Gasteiger partial charge in [0.15, 0.2) is 5.13 Å². The zero-order chi connectivity index (χ0) is 21.0. The van der Waals surface area contributed by atoms with E-state index in [1.807, 2.05) is 61.6 Å². The number of ether oxygens (including phenoxy) is 2. The van der Waals surface area contributed by atoms with Crippen LogP contribution in [0.3, 0.4) is 0 Å². The van der Waals surface area contributed by atoms with Crippen molar-refractivity contribution in [2.24, 2.45) is 0 Å². The van der Waals surface area contributed by atoms with Crippen LogP contribution in [-0.2, 0) is 0 Å². The van der Waals surface area contributed by atoms with Crippen molar-refractivity contribution in [1.29, 1.82) is 0 Å². The van der Waals surface area contributed by atoms with Crippen molar-refractivity contribution in [3.63, 3.8) is 0 Å². The van der Waals surface area contributed by atoms with Crippen LogP contribution in [-0.4, -0.2) is 63.5 Å². The van der Waals surface area contributed by atoms with Crippen molar-refractivity contribution in [3.05, 3.63) is 42.0 Å². The minimum absolute atomic E-state index is 0.0697. The molecule has 1 aromatic heterocycles. The number of benzene rings is 2. The summed E-state index contributed by atoms with van der Waals surface area (Å²) in [6.07, 6.45) is 2.00. The average molecular weight is 432 g/mol. The van der Waals surface area contributed by atoms with Crippen LogP contribution in [0.25, 0.3) is 10.2 Å². The van der Waals surface area contributed by atoms with Crippen molar-refractivity contribution >= 4 is 44.4 Å². The summed E-state index contributed by atoms with van der Waals surface area (Å²) in [7, 11) is 7.22. The molecule has 1 heterocycles.